The molecule has 0 aliphatic rings. The van der Waals surface area contributed by atoms with Crippen molar-refractivity contribution in [3.8, 4) is 0 Å². The van der Waals surface area contributed by atoms with E-state index in [2.05, 4.69) is 20.3 Å². The van der Waals surface area contributed by atoms with Crippen molar-refractivity contribution in [2.24, 2.45) is 5.92 Å². The second kappa shape index (κ2) is 3.76. The molecule has 1 amide bonds. The molecular formula is C9H11N5O2. The van der Waals surface area contributed by atoms with E-state index < -0.39 is 5.69 Å². The van der Waals surface area contributed by atoms with E-state index in [0.717, 1.165) is 0 Å². The summed E-state index contributed by atoms with van der Waals surface area (Å²) in [6, 6.07) is 0. The molecule has 2 aromatic heterocycles. The normalized spacial score (nSPS) is 10.9. The molecule has 0 unspecified atom stereocenters. The Morgan fingerprint density at radius 3 is 2.94 bits per heavy atom. The summed E-state index contributed by atoms with van der Waals surface area (Å²) in [5.74, 6) is -0.0498. The van der Waals surface area contributed by atoms with Crippen molar-refractivity contribution in [3.63, 3.8) is 0 Å². The SMILES string of the molecule is CC(C)C(=O)Nc1nc(=O)n2cc[nH]c2n1. The highest BCUT2D eigenvalue weighted by Crippen LogP contribution is 2.01. The maximum Gasteiger partial charge on any atom is 0.357 e. The first-order valence-corrected chi connectivity index (χ1v) is 4.82. The lowest BCUT2D eigenvalue weighted by molar-refractivity contribution is -0.118. The third kappa shape index (κ3) is 1.79. The van der Waals surface area contributed by atoms with E-state index in [0.29, 0.717) is 5.78 Å². The van der Waals surface area contributed by atoms with E-state index in [-0.39, 0.29) is 17.8 Å². The van der Waals surface area contributed by atoms with E-state index in [1.54, 1.807) is 20.0 Å². The van der Waals surface area contributed by atoms with Crippen LogP contribution in [0.2, 0.25) is 0 Å². The third-order valence-electron chi connectivity index (χ3n) is 2.04. The van der Waals surface area contributed by atoms with Crippen LogP contribution in [0, 0.1) is 5.92 Å². The molecule has 0 fully saturated rings. The lowest BCUT2D eigenvalue weighted by Crippen LogP contribution is -2.24. The van der Waals surface area contributed by atoms with Crippen LogP contribution in [-0.4, -0.2) is 25.3 Å². The number of carbonyl (C=O) groups excluding carboxylic acids is 1. The fourth-order valence-electron chi connectivity index (χ4n) is 1.15. The second-order valence-electron chi connectivity index (χ2n) is 3.63. The summed E-state index contributed by atoms with van der Waals surface area (Å²) in [7, 11) is 0. The number of nitrogens with one attached hydrogen (secondary N) is 2. The Hall–Kier alpha value is -2.18. The number of nitrogens with zero attached hydrogens (tertiary/aromatic N) is 3. The number of aromatic amines is 1. The van der Waals surface area contributed by atoms with Crippen LogP contribution in [-0.2, 0) is 4.79 Å². The van der Waals surface area contributed by atoms with E-state index in [9.17, 15) is 9.59 Å². The molecular weight excluding hydrogens is 210 g/mol. The summed E-state index contributed by atoms with van der Waals surface area (Å²) in [4.78, 5) is 33.2. The van der Waals surface area contributed by atoms with Crippen LogP contribution < -0.4 is 11.0 Å². The highest BCUT2D eigenvalue weighted by molar-refractivity contribution is 5.90. The molecule has 0 saturated heterocycles. The monoisotopic (exact) mass is 221 g/mol. The molecule has 2 heterocycles. The van der Waals surface area contributed by atoms with Crippen molar-refractivity contribution in [1.29, 1.82) is 0 Å². The van der Waals surface area contributed by atoms with E-state index in [1.807, 2.05) is 0 Å². The van der Waals surface area contributed by atoms with Gasteiger partial charge in [0.15, 0.2) is 0 Å². The molecule has 0 spiro atoms. The molecule has 0 aliphatic carbocycles. The van der Waals surface area contributed by atoms with Crippen LogP contribution in [0.15, 0.2) is 17.2 Å². The first-order valence-electron chi connectivity index (χ1n) is 4.82. The Labute approximate surface area is 90.5 Å². The van der Waals surface area contributed by atoms with Crippen LogP contribution >= 0.6 is 0 Å². The molecule has 0 bridgehead atoms. The first-order chi connectivity index (χ1) is 7.58. The highest BCUT2D eigenvalue weighted by Gasteiger charge is 2.10. The summed E-state index contributed by atoms with van der Waals surface area (Å²) >= 11 is 0. The van der Waals surface area contributed by atoms with Gasteiger partial charge in [0.2, 0.25) is 17.6 Å². The van der Waals surface area contributed by atoms with Crippen LogP contribution in [0.5, 0.6) is 0 Å². The van der Waals surface area contributed by atoms with Gasteiger partial charge in [0, 0.05) is 18.3 Å². The molecule has 0 atom stereocenters. The lowest BCUT2D eigenvalue weighted by atomic mass is 10.2. The quantitative estimate of drug-likeness (QED) is 0.747. The zero-order chi connectivity index (χ0) is 11.7. The largest absolute Gasteiger partial charge is 0.357 e. The number of fused-ring (bicyclic) bond motifs is 1. The second-order valence-corrected chi connectivity index (χ2v) is 3.63. The van der Waals surface area contributed by atoms with Crippen molar-refractivity contribution in [1.82, 2.24) is 19.4 Å². The first kappa shape index (κ1) is 10.3. The van der Waals surface area contributed by atoms with Crippen LogP contribution in [0.1, 0.15) is 13.8 Å². The van der Waals surface area contributed by atoms with Crippen molar-refractivity contribution >= 4 is 17.6 Å². The Kier molecular flexibility index (Phi) is 2.43. The molecule has 2 rings (SSSR count). The number of anilines is 1. The summed E-state index contributed by atoms with van der Waals surface area (Å²) in [5, 5.41) is 2.47. The minimum Gasteiger partial charge on any atom is -0.330 e. The van der Waals surface area contributed by atoms with Gasteiger partial charge >= 0.3 is 5.69 Å². The van der Waals surface area contributed by atoms with Gasteiger partial charge in [0.1, 0.15) is 0 Å². The van der Waals surface area contributed by atoms with Crippen molar-refractivity contribution < 1.29 is 4.79 Å². The molecule has 16 heavy (non-hydrogen) atoms. The molecule has 0 radical (unpaired) electrons. The zero-order valence-electron chi connectivity index (χ0n) is 8.89. The van der Waals surface area contributed by atoms with Gasteiger partial charge in [0.25, 0.3) is 0 Å². The number of aromatic nitrogens is 4. The van der Waals surface area contributed by atoms with E-state index in [1.165, 1.54) is 10.6 Å². The maximum absolute atomic E-state index is 11.5. The number of H-pyrrole nitrogens is 1. The van der Waals surface area contributed by atoms with E-state index in [4.69, 9.17) is 0 Å². The third-order valence-corrected chi connectivity index (χ3v) is 2.04. The van der Waals surface area contributed by atoms with Gasteiger partial charge in [-0.15, -0.1) is 0 Å². The molecule has 0 aromatic carbocycles. The van der Waals surface area contributed by atoms with Gasteiger partial charge in [-0.2, -0.15) is 9.97 Å². The molecule has 0 aliphatic heterocycles. The topological polar surface area (TPSA) is 92.1 Å². The van der Waals surface area contributed by atoms with Gasteiger partial charge in [-0.05, 0) is 0 Å². The average molecular weight is 221 g/mol. The number of imidazole rings is 1. The van der Waals surface area contributed by atoms with Gasteiger partial charge in [-0.25, -0.2) is 9.20 Å². The Morgan fingerprint density at radius 1 is 1.50 bits per heavy atom. The van der Waals surface area contributed by atoms with Gasteiger partial charge in [0.05, 0.1) is 0 Å². The summed E-state index contributed by atoms with van der Waals surface area (Å²) in [6.07, 6.45) is 3.09. The maximum atomic E-state index is 11.5. The van der Waals surface area contributed by atoms with Crippen LogP contribution in [0.25, 0.3) is 5.78 Å². The zero-order valence-corrected chi connectivity index (χ0v) is 8.89. The predicted molar refractivity (Wildman–Crippen MR) is 57.1 cm³/mol. The molecule has 2 N–H and O–H groups in total. The smallest absolute Gasteiger partial charge is 0.330 e. The lowest BCUT2D eigenvalue weighted by Gasteiger charge is -2.04. The molecule has 0 saturated carbocycles. The van der Waals surface area contributed by atoms with Gasteiger partial charge < -0.3 is 4.98 Å². The fraction of sp³-hybridized carbons (Fsp3) is 0.333. The number of amides is 1. The number of hydrogen-bond acceptors (Lipinski definition) is 4. The van der Waals surface area contributed by atoms with Gasteiger partial charge in [-0.3, -0.25) is 10.1 Å². The highest BCUT2D eigenvalue weighted by atomic mass is 16.2. The van der Waals surface area contributed by atoms with Crippen molar-refractivity contribution in [2.75, 3.05) is 5.32 Å². The van der Waals surface area contributed by atoms with Crippen LogP contribution in [0.4, 0.5) is 5.95 Å². The Bertz CT molecular complexity index is 583. The molecule has 2 aromatic rings. The Balaban J connectivity index is 2.39. The molecule has 84 valence electrons. The standard InChI is InChI=1S/C9H11N5O2/c1-5(2)6(15)11-7-12-8-10-3-4-14(8)9(16)13-7/h3-5H,1-2H3,(H2,10,11,12,13,15,16). The molecule has 7 nitrogen and oxygen atoms in total. The summed E-state index contributed by atoms with van der Waals surface area (Å²) in [5.41, 5.74) is -0.481. The van der Waals surface area contributed by atoms with Gasteiger partial charge in [-0.1, -0.05) is 13.8 Å². The average Bonchev–Trinajstić information content (AvgIpc) is 2.65. The van der Waals surface area contributed by atoms with E-state index >= 15 is 0 Å². The number of rotatable bonds is 2. The minimum absolute atomic E-state index is 0.0196. The summed E-state index contributed by atoms with van der Waals surface area (Å²) < 4.78 is 1.25. The van der Waals surface area contributed by atoms with Crippen molar-refractivity contribution in [2.45, 2.75) is 13.8 Å². The fourth-order valence-corrected chi connectivity index (χ4v) is 1.15. The number of carbonyl (C=O) groups is 1. The molecule has 7 heteroatoms. The summed E-state index contributed by atoms with van der Waals surface area (Å²) in [6.45, 7) is 3.49. The Morgan fingerprint density at radius 2 is 2.25 bits per heavy atom. The minimum atomic E-state index is -0.481. The predicted octanol–water partition coefficient (Wildman–Crippen LogP) is 0.0121. The van der Waals surface area contributed by atoms with Crippen molar-refractivity contribution in [3.05, 3.63) is 22.9 Å². The van der Waals surface area contributed by atoms with Crippen LogP contribution in [0.3, 0.4) is 0 Å². The number of hydrogen-bond donors (Lipinski definition) is 2.